The van der Waals surface area contributed by atoms with E-state index in [1.54, 1.807) is 14.1 Å². The van der Waals surface area contributed by atoms with Crippen LogP contribution in [0.2, 0.25) is 0 Å². The van der Waals surface area contributed by atoms with Crippen LogP contribution in [-0.4, -0.2) is 39.9 Å². The number of hydrogen-bond donors (Lipinski definition) is 2. The van der Waals surface area contributed by atoms with Crippen molar-refractivity contribution >= 4 is 37.5 Å². The molecule has 3 N–H and O–H groups in total. The van der Waals surface area contributed by atoms with Crippen molar-refractivity contribution in [2.24, 2.45) is 0 Å². The largest absolute Gasteiger partial charge is 0.398 e. The van der Waals surface area contributed by atoms with Crippen molar-refractivity contribution in [1.29, 1.82) is 0 Å². The third-order valence-electron chi connectivity index (χ3n) is 2.19. The Morgan fingerprint density at radius 2 is 2.06 bits per heavy atom. The van der Waals surface area contributed by atoms with E-state index < -0.39 is 10.0 Å². The van der Waals surface area contributed by atoms with Gasteiger partial charge in [0.2, 0.25) is 15.9 Å². The summed E-state index contributed by atoms with van der Waals surface area (Å²) in [5.41, 5.74) is 5.92. The van der Waals surface area contributed by atoms with Crippen LogP contribution in [0.3, 0.4) is 0 Å². The smallest absolute Gasteiger partial charge is 0.241 e. The summed E-state index contributed by atoms with van der Waals surface area (Å²) in [6.07, 6.45) is 0. The number of sulfonamides is 1. The van der Waals surface area contributed by atoms with Crippen LogP contribution in [-0.2, 0) is 14.8 Å². The summed E-state index contributed by atoms with van der Waals surface area (Å²) in [6.45, 7) is -0.286. The molecule has 0 heterocycles. The van der Waals surface area contributed by atoms with E-state index in [1.807, 2.05) is 0 Å². The monoisotopic (exact) mass is 335 g/mol. The minimum Gasteiger partial charge on any atom is -0.398 e. The molecule has 8 heteroatoms. The van der Waals surface area contributed by atoms with Crippen LogP contribution in [0, 0.1) is 0 Å². The summed E-state index contributed by atoms with van der Waals surface area (Å²) in [6, 6.07) is 4.27. The van der Waals surface area contributed by atoms with Crippen molar-refractivity contribution in [2.45, 2.75) is 4.90 Å². The van der Waals surface area contributed by atoms with E-state index >= 15 is 0 Å². The molecule has 0 saturated carbocycles. The van der Waals surface area contributed by atoms with E-state index in [1.165, 1.54) is 23.1 Å². The molecule has 0 saturated heterocycles. The number of rotatable bonds is 4. The lowest BCUT2D eigenvalue weighted by atomic mass is 10.3. The van der Waals surface area contributed by atoms with Gasteiger partial charge in [-0.1, -0.05) is 0 Å². The van der Waals surface area contributed by atoms with Crippen LogP contribution < -0.4 is 10.5 Å². The first-order chi connectivity index (χ1) is 8.24. The zero-order valence-electron chi connectivity index (χ0n) is 9.97. The first-order valence-corrected chi connectivity index (χ1v) is 7.26. The SMILES string of the molecule is CN(C)C(=O)CNS(=O)(=O)c1ccc(Br)c(N)c1. The summed E-state index contributed by atoms with van der Waals surface area (Å²) in [4.78, 5) is 12.6. The number of carbonyl (C=O) groups is 1. The summed E-state index contributed by atoms with van der Waals surface area (Å²) in [7, 11) is -0.627. The predicted octanol–water partition coefficient (Wildman–Crippen LogP) is 0.398. The molecule has 0 aromatic heterocycles. The number of nitrogens with one attached hydrogen (secondary N) is 1. The van der Waals surface area contributed by atoms with Crippen molar-refractivity contribution in [2.75, 3.05) is 26.4 Å². The van der Waals surface area contributed by atoms with E-state index in [2.05, 4.69) is 20.7 Å². The van der Waals surface area contributed by atoms with Gasteiger partial charge in [0.25, 0.3) is 0 Å². The molecule has 0 aliphatic heterocycles. The predicted molar refractivity (Wildman–Crippen MR) is 72.4 cm³/mol. The Bertz CT molecular complexity index is 557. The molecule has 0 aliphatic rings. The highest BCUT2D eigenvalue weighted by molar-refractivity contribution is 9.10. The Morgan fingerprint density at radius 3 is 2.56 bits per heavy atom. The molecular weight excluding hydrogens is 322 g/mol. The number of nitrogen functional groups attached to an aromatic ring is 1. The van der Waals surface area contributed by atoms with Crippen LogP contribution in [0.4, 0.5) is 5.69 Å². The molecule has 18 heavy (non-hydrogen) atoms. The molecule has 6 nitrogen and oxygen atoms in total. The Balaban J connectivity index is 2.87. The third kappa shape index (κ3) is 3.69. The summed E-state index contributed by atoms with van der Waals surface area (Å²) in [5, 5.41) is 0. The number of halogens is 1. The fraction of sp³-hybridized carbons (Fsp3) is 0.300. The number of amides is 1. The fourth-order valence-corrected chi connectivity index (χ4v) is 2.34. The maximum Gasteiger partial charge on any atom is 0.241 e. The second-order valence-corrected chi connectivity index (χ2v) is 6.42. The van der Waals surface area contributed by atoms with Gasteiger partial charge >= 0.3 is 0 Å². The van der Waals surface area contributed by atoms with Crippen molar-refractivity contribution in [3.05, 3.63) is 22.7 Å². The summed E-state index contributed by atoms with van der Waals surface area (Å²) >= 11 is 3.18. The Kier molecular flexibility index (Phi) is 4.71. The van der Waals surface area contributed by atoms with Gasteiger partial charge in [0.15, 0.2) is 0 Å². The Morgan fingerprint density at radius 1 is 1.44 bits per heavy atom. The molecule has 1 aromatic carbocycles. The van der Waals surface area contributed by atoms with E-state index in [4.69, 9.17) is 5.73 Å². The average Bonchev–Trinajstić information content (AvgIpc) is 2.29. The highest BCUT2D eigenvalue weighted by atomic mass is 79.9. The normalized spacial score (nSPS) is 11.3. The number of nitrogens with zero attached hydrogens (tertiary/aromatic N) is 1. The second-order valence-electron chi connectivity index (χ2n) is 3.80. The van der Waals surface area contributed by atoms with E-state index in [9.17, 15) is 13.2 Å². The van der Waals surface area contributed by atoms with Crippen LogP contribution in [0.15, 0.2) is 27.6 Å². The van der Waals surface area contributed by atoms with Crippen LogP contribution >= 0.6 is 15.9 Å². The molecule has 0 spiro atoms. The lowest BCUT2D eigenvalue weighted by molar-refractivity contribution is -0.127. The highest BCUT2D eigenvalue weighted by Gasteiger charge is 2.16. The molecule has 0 bridgehead atoms. The quantitative estimate of drug-likeness (QED) is 0.779. The van der Waals surface area contributed by atoms with Gasteiger partial charge in [-0.25, -0.2) is 13.1 Å². The third-order valence-corrected chi connectivity index (χ3v) is 4.31. The zero-order chi connectivity index (χ0) is 13.9. The van der Waals surface area contributed by atoms with Crippen molar-refractivity contribution in [3.63, 3.8) is 0 Å². The molecule has 0 radical (unpaired) electrons. The van der Waals surface area contributed by atoms with Gasteiger partial charge in [0, 0.05) is 24.3 Å². The van der Waals surface area contributed by atoms with E-state index in [0.29, 0.717) is 10.2 Å². The van der Waals surface area contributed by atoms with Crippen LogP contribution in [0.5, 0.6) is 0 Å². The molecule has 1 amide bonds. The lowest BCUT2D eigenvalue weighted by Crippen LogP contribution is -2.36. The van der Waals surface area contributed by atoms with Gasteiger partial charge < -0.3 is 10.6 Å². The minimum atomic E-state index is -3.73. The van der Waals surface area contributed by atoms with Gasteiger partial charge in [-0.2, -0.15) is 0 Å². The Hall–Kier alpha value is -1.12. The highest BCUT2D eigenvalue weighted by Crippen LogP contribution is 2.22. The molecule has 1 rings (SSSR count). The van der Waals surface area contributed by atoms with Gasteiger partial charge in [-0.05, 0) is 34.1 Å². The van der Waals surface area contributed by atoms with E-state index in [0.717, 1.165) is 0 Å². The van der Waals surface area contributed by atoms with Gasteiger partial charge in [0.1, 0.15) is 0 Å². The summed E-state index contributed by atoms with van der Waals surface area (Å²) < 4.78 is 26.6. The lowest BCUT2D eigenvalue weighted by Gasteiger charge is -2.11. The minimum absolute atomic E-state index is 0.0229. The first kappa shape index (κ1) is 14.9. The number of benzene rings is 1. The first-order valence-electron chi connectivity index (χ1n) is 4.99. The molecule has 1 aromatic rings. The number of carbonyl (C=O) groups excluding carboxylic acids is 1. The van der Waals surface area contributed by atoms with Crippen LogP contribution in [0.25, 0.3) is 0 Å². The van der Waals surface area contributed by atoms with Gasteiger partial charge in [-0.3, -0.25) is 4.79 Å². The van der Waals surface area contributed by atoms with Crippen molar-refractivity contribution in [3.8, 4) is 0 Å². The zero-order valence-corrected chi connectivity index (χ0v) is 12.4. The molecule has 0 fully saturated rings. The standard InChI is InChI=1S/C10H14BrN3O3S/c1-14(2)10(15)6-13-18(16,17)7-3-4-8(11)9(12)5-7/h3-5,13H,6,12H2,1-2H3. The number of anilines is 1. The fourth-order valence-electron chi connectivity index (χ4n) is 1.09. The van der Waals surface area contributed by atoms with Gasteiger partial charge in [-0.15, -0.1) is 0 Å². The molecule has 0 atom stereocenters. The topological polar surface area (TPSA) is 92.5 Å². The average molecular weight is 336 g/mol. The number of likely N-dealkylation sites (N-methyl/N-ethyl adjacent to an activating group) is 1. The molecule has 0 aliphatic carbocycles. The molecular formula is C10H14BrN3O3S. The van der Waals surface area contributed by atoms with Crippen molar-refractivity contribution in [1.82, 2.24) is 9.62 Å². The van der Waals surface area contributed by atoms with E-state index in [-0.39, 0.29) is 17.3 Å². The summed E-state index contributed by atoms with van der Waals surface area (Å²) in [5.74, 6) is -0.330. The van der Waals surface area contributed by atoms with Crippen LogP contribution in [0.1, 0.15) is 0 Å². The van der Waals surface area contributed by atoms with Crippen molar-refractivity contribution < 1.29 is 13.2 Å². The second kappa shape index (κ2) is 5.68. The Labute approximate surface area is 114 Å². The molecule has 0 unspecified atom stereocenters. The van der Waals surface area contributed by atoms with Gasteiger partial charge in [0.05, 0.1) is 11.4 Å². The number of hydrogen-bond acceptors (Lipinski definition) is 4. The molecule has 100 valence electrons. The number of nitrogens with two attached hydrogens (primary N) is 1. The maximum atomic E-state index is 11.9. The maximum absolute atomic E-state index is 11.9.